The quantitative estimate of drug-likeness (QED) is 0.614. The van der Waals surface area contributed by atoms with Crippen molar-refractivity contribution in [1.82, 2.24) is 14.7 Å². The van der Waals surface area contributed by atoms with Crippen LogP contribution in [0.3, 0.4) is 0 Å². The second kappa shape index (κ2) is 9.44. The third kappa shape index (κ3) is 5.70. The number of ether oxygens (including phenoxy) is 1. The zero-order valence-electron chi connectivity index (χ0n) is 16.2. The Hall–Kier alpha value is -1.65. The van der Waals surface area contributed by atoms with Gasteiger partial charge in [-0.05, 0) is 31.5 Å². The molecule has 2 N–H and O–H groups in total. The average molecular weight is 460 g/mol. The smallest absolute Gasteiger partial charge is 0.242 e. The van der Waals surface area contributed by atoms with Gasteiger partial charge in [-0.15, -0.1) is 0 Å². The number of aromatic nitrogens is 2. The van der Waals surface area contributed by atoms with E-state index in [1.807, 2.05) is 13.0 Å². The average Bonchev–Trinajstić information content (AvgIpc) is 2.68. The van der Waals surface area contributed by atoms with Crippen LogP contribution in [0.15, 0.2) is 23.1 Å². The summed E-state index contributed by atoms with van der Waals surface area (Å²) >= 11 is 12.0. The Morgan fingerprint density at radius 1 is 1.07 bits per heavy atom. The number of nitrogens with zero attached hydrogens (tertiary/aromatic N) is 3. The first-order valence-corrected chi connectivity index (χ1v) is 11.4. The van der Waals surface area contributed by atoms with E-state index in [4.69, 9.17) is 27.9 Å². The summed E-state index contributed by atoms with van der Waals surface area (Å²) in [6.45, 7) is 6.94. The summed E-state index contributed by atoms with van der Waals surface area (Å²) < 4.78 is 33.0. The number of aryl methyl sites for hydroxylation is 2. The van der Waals surface area contributed by atoms with Crippen LogP contribution in [0.1, 0.15) is 11.4 Å². The molecule has 1 fully saturated rings. The minimum atomic E-state index is -3.75. The number of halogens is 2. The maximum Gasteiger partial charge on any atom is 0.242 e. The number of rotatable bonds is 7. The van der Waals surface area contributed by atoms with Gasteiger partial charge < -0.3 is 15.0 Å². The van der Waals surface area contributed by atoms with Crippen LogP contribution in [-0.4, -0.2) is 57.8 Å². The largest absolute Gasteiger partial charge is 0.378 e. The Morgan fingerprint density at radius 3 is 2.52 bits per heavy atom. The third-order valence-electron chi connectivity index (χ3n) is 4.39. The summed E-state index contributed by atoms with van der Waals surface area (Å²) in [5, 5.41) is 3.64. The molecule has 0 saturated carbocycles. The van der Waals surface area contributed by atoms with Crippen LogP contribution in [0.4, 0.5) is 11.6 Å². The lowest BCUT2D eigenvalue weighted by Gasteiger charge is -2.28. The Kier molecular flexibility index (Phi) is 7.18. The predicted molar refractivity (Wildman–Crippen MR) is 115 cm³/mol. The van der Waals surface area contributed by atoms with Crippen LogP contribution in [0.25, 0.3) is 0 Å². The van der Waals surface area contributed by atoms with Gasteiger partial charge >= 0.3 is 0 Å². The van der Waals surface area contributed by atoms with Crippen LogP contribution >= 0.6 is 23.2 Å². The van der Waals surface area contributed by atoms with Gasteiger partial charge in [-0.2, -0.15) is 0 Å². The molecule has 1 aromatic carbocycles. The van der Waals surface area contributed by atoms with E-state index in [-0.39, 0.29) is 16.5 Å². The van der Waals surface area contributed by atoms with Crippen LogP contribution in [0.2, 0.25) is 10.0 Å². The molecule has 1 saturated heterocycles. The van der Waals surface area contributed by atoms with E-state index in [2.05, 4.69) is 24.9 Å². The molecule has 0 radical (unpaired) electrons. The Morgan fingerprint density at radius 2 is 1.79 bits per heavy atom. The van der Waals surface area contributed by atoms with E-state index >= 15 is 0 Å². The summed E-state index contributed by atoms with van der Waals surface area (Å²) in [5.41, 5.74) is 0.640. The maximum absolute atomic E-state index is 12.5. The number of hydrogen-bond acceptors (Lipinski definition) is 7. The fourth-order valence-electron chi connectivity index (χ4n) is 2.89. The monoisotopic (exact) mass is 459 g/mol. The van der Waals surface area contributed by atoms with E-state index in [1.165, 1.54) is 12.1 Å². The van der Waals surface area contributed by atoms with Gasteiger partial charge in [0.05, 0.1) is 18.2 Å². The van der Waals surface area contributed by atoms with Gasteiger partial charge in [-0.1, -0.05) is 23.2 Å². The summed E-state index contributed by atoms with van der Waals surface area (Å²) in [7, 11) is -3.75. The van der Waals surface area contributed by atoms with Crippen molar-refractivity contribution in [2.24, 2.45) is 0 Å². The Balaban J connectivity index is 1.60. The second-order valence-corrected chi connectivity index (χ2v) is 9.16. The van der Waals surface area contributed by atoms with Gasteiger partial charge in [0.1, 0.15) is 22.4 Å². The van der Waals surface area contributed by atoms with E-state index < -0.39 is 10.0 Å². The standard InChI is InChI=1S/C18H23Cl2N5O3S/c1-12-9-16(15(20)10-14(12)19)29(26,27)22-4-3-21-17-11-18(24-13(2)23-17)25-5-7-28-8-6-25/h9-11,22H,3-8H2,1-2H3,(H,21,23,24). The fourth-order valence-corrected chi connectivity index (χ4v) is 4.75. The minimum Gasteiger partial charge on any atom is -0.378 e. The zero-order valence-corrected chi connectivity index (χ0v) is 18.5. The van der Waals surface area contributed by atoms with Crippen molar-refractivity contribution < 1.29 is 13.2 Å². The molecule has 2 heterocycles. The molecule has 3 rings (SSSR count). The highest BCUT2D eigenvalue weighted by Gasteiger charge is 2.19. The van der Waals surface area contributed by atoms with Gasteiger partial charge in [0.25, 0.3) is 0 Å². The fraction of sp³-hybridized carbons (Fsp3) is 0.444. The molecule has 0 aliphatic carbocycles. The van der Waals surface area contributed by atoms with Crippen LogP contribution in [0.5, 0.6) is 0 Å². The summed E-state index contributed by atoms with van der Waals surface area (Å²) in [5.74, 6) is 2.10. The lowest BCUT2D eigenvalue weighted by molar-refractivity contribution is 0.122. The Bertz CT molecular complexity index is 982. The summed E-state index contributed by atoms with van der Waals surface area (Å²) in [4.78, 5) is 11.0. The van der Waals surface area contributed by atoms with Crippen molar-refractivity contribution in [2.75, 3.05) is 49.6 Å². The van der Waals surface area contributed by atoms with E-state index in [0.29, 0.717) is 42.0 Å². The van der Waals surface area contributed by atoms with Crippen molar-refractivity contribution in [3.05, 3.63) is 39.6 Å². The molecule has 1 aromatic heterocycles. The molecule has 0 amide bonds. The number of benzene rings is 1. The van der Waals surface area contributed by atoms with Gasteiger partial charge in [0.2, 0.25) is 10.0 Å². The number of sulfonamides is 1. The predicted octanol–water partition coefficient (Wildman–Crippen LogP) is 2.63. The third-order valence-corrected chi connectivity index (χ3v) is 6.72. The molecule has 29 heavy (non-hydrogen) atoms. The van der Waals surface area contributed by atoms with E-state index in [0.717, 1.165) is 18.9 Å². The molecule has 2 aromatic rings. The van der Waals surface area contributed by atoms with Crippen LogP contribution in [0, 0.1) is 13.8 Å². The topological polar surface area (TPSA) is 96.5 Å². The van der Waals surface area contributed by atoms with Crippen molar-refractivity contribution >= 4 is 44.9 Å². The molecular weight excluding hydrogens is 437 g/mol. The summed E-state index contributed by atoms with van der Waals surface area (Å²) in [6.07, 6.45) is 0. The molecule has 0 bridgehead atoms. The van der Waals surface area contributed by atoms with Crippen LogP contribution in [-0.2, 0) is 14.8 Å². The van der Waals surface area contributed by atoms with Crippen molar-refractivity contribution in [3.63, 3.8) is 0 Å². The number of morpholine rings is 1. The first kappa shape index (κ1) is 22.0. The number of anilines is 2. The van der Waals surface area contributed by atoms with E-state index in [1.54, 1.807) is 6.92 Å². The normalized spacial score (nSPS) is 14.8. The first-order valence-electron chi connectivity index (χ1n) is 9.14. The summed E-state index contributed by atoms with van der Waals surface area (Å²) in [6, 6.07) is 4.75. The number of nitrogens with one attached hydrogen (secondary N) is 2. The molecule has 11 heteroatoms. The molecule has 8 nitrogen and oxygen atoms in total. The molecule has 1 aliphatic heterocycles. The van der Waals surface area contributed by atoms with Crippen LogP contribution < -0.4 is 14.9 Å². The molecule has 0 spiro atoms. The highest BCUT2D eigenvalue weighted by Crippen LogP contribution is 2.28. The molecule has 158 valence electrons. The zero-order chi connectivity index (χ0) is 21.0. The highest BCUT2D eigenvalue weighted by atomic mass is 35.5. The molecule has 0 atom stereocenters. The maximum atomic E-state index is 12.5. The van der Waals surface area contributed by atoms with Gasteiger partial charge in [-0.3, -0.25) is 0 Å². The SMILES string of the molecule is Cc1nc(NCCNS(=O)(=O)c2cc(C)c(Cl)cc2Cl)cc(N2CCOCC2)n1. The first-order chi connectivity index (χ1) is 13.8. The van der Waals surface area contributed by atoms with Gasteiger partial charge in [0.15, 0.2) is 0 Å². The molecule has 1 aliphatic rings. The number of hydrogen-bond donors (Lipinski definition) is 2. The second-order valence-electron chi connectivity index (χ2n) is 6.61. The van der Waals surface area contributed by atoms with Crippen molar-refractivity contribution in [3.8, 4) is 0 Å². The lowest BCUT2D eigenvalue weighted by Crippen LogP contribution is -2.37. The van der Waals surface area contributed by atoms with Gasteiger partial charge in [0, 0.05) is 37.3 Å². The lowest BCUT2D eigenvalue weighted by atomic mass is 10.2. The minimum absolute atomic E-state index is 0.00792. The Labute approximate surface area is 180 Å². The highest BCUT2D eigenvalue weighted by molar-refractivity contribution is 7.89. The van der Waals surface area contributed by atoms with Crippen molar-refractivity contribution in [2.45, 2.75) is 18.7 Å². The van der Waals surface area contributed by atoms with E-state index in [9.17, 15) is 8.42 Å². The molecule has 0 unspecified atom stereocenters. The van der Waals surface area contributed by atoms with Gasteiger partial charge in [-0.25, -0.2) is 23.1 Å². The van der Waals surface area contributed by atoms with Crippen molar-refractivity contribution in [1.29, 1.82) is 0 Å². The molecular formula is C18H23Cl2N5O3S.